The van der Waals surface area contributed by atoms with Crippen molar-refractivity contribution in [3.63, 3.8) is 0 Å². The van der Waals surface area contributed by atoms with Crippen molar-refractivity contribution in [1.82, 2.24) is 4.90 Å². The molecule has 2 rings (SSSR count). The Bertz CT molecular complexity index is 441. The first kappa shape index (κ1) is 12.9. The predicted octanol–water partition coefficient (Wildman–Crippen LogP) is 1.66. The molecule has 1 atom stereocenters. The van der Waals surface area contributed by atoms with Crippen molar-refractivity contribution in [2.24, 2.45) is 0 Å². The molecule has 0 radical (unpaired) electrons. The summed E-state index contributed by atoms with van der Waals surface area (Å²) in [6.07, 6.45) is 0.177. The summed E-state index contributed by atoms with van der Waals surface area (Å²) in [5.74, 6) is 0.799. The minimum Gasteiger partial charge on any atom is -0.496 e. The summed E-state index contributed by atoms with van der Waals surface area (Å²) in [5, 5.41) is 10.2. The average molecular weight is 249 g/mol. The number of aryl methyl sites for hydroxylation is 1. The number of amides is 1. The van der Waals surface area contributed by atoms with Gasteiger partial charge >= 0.3 is 0 Å². The van der Waals surface area contributed by atoms with Crippen LogP contribution in [0.25, 0.3) is 0 Å². The van der Waals surface area contributed by atoms with Crippen LogP contribution < -0.4 is 4.74 Å². The molecular formula is C14H19NO3. The average Bonchev–Trinajstić information content (AvgIpc) is 3.19. The molecule has 1 fully saturated rings. The highest BCUT2D eigenvalue weighted by Gasteiger charge is 2.24. The van der Waals surface area contributed by atoms with Gasteiger partial charge in [0.2, 0.25) is 5.91 Å². The predicted molar refractivity (Wildman–Crippen MR) is 68.5 cm³/mol. The molecular weight excluding hydrogens is 230 g/mol. The maximum Gasteiger partial charge on any atom is 0.222 e. The van der Waals surface area contributed by atoms with Gasteiger partial charge in [-0.15, -0.1) is 0 Å². The molecule has 0 bridgehead atoms. The second-order valence-electron chi connectivity index (χ2n) is 4.68. The first-order valence-corrected chi connectivity index (χ1v) is 6.22. The highest BCUT2D eigenvalue weighted by molar-refractivity contribution is 5.78. The molecule has 0 saturated carbocycles. The van der Waals surface area contributed by atoms with Gasteiger partial charge in [0, 0.05) is 25.1 Å². The molecule has 18 heavy (non-hydrogen) atoms. The largest absolute Gasteiger partial charge is 0.496 e. The summed E-state index contributed by atoms with van der Waals surface area (Å²) in [6.45, 7) is 3.70. The van der Waals surface area contributed by atoms with Gasteiger partial charge in [-0.05, 0) is 25.5 Å². The molecule has 1 N–H and O–H groups in total. The van der Waals surface area contributed by atoms with Crippen molar-refractivity contribution in [3.8, 4) is 5.75 Å². The van der Waals surface area contributed by atoms with E-state index >= 15 is 0 Å². The Balaban J connectivity index is 2.00. The zero-order valence-electron chi connectivity index (χ0n) is 10.8. The molecule has 1 amide bonds. The topological polar surface area (TPSA) is 49.5 Å². The van der Waals surface area contributed by atoms with Crippen molar-refractivity contribution >= 4 is 5.91 Å². The Hall–Kier alpha value is -1.55. The number of methoxy groups -OCH3 is 1. The second kappa shape index (κ2) is 5.40. The molecule has 1 aromatic carbocycles. The summed E-state index contributed by atoms with van der Waals surface area (Å²) < 4.78 is 5.23. The molecule has 0 aliphatic carbocycles. The lowest BCUT2D eigenvalue weighted by Gasteiger charge is -2.15. The van der Waals surface area contributed by atoms with E-state index in [2.05, 4.69) is 0 Å². The first-order valence-electron chi connectivity index (χ1n) is 6.22. The van der Waals surface area contributed by atoms with Crippen LogP contribution >= 0.6 is 0 Å². The number of ether oxygens (including phenoxy) is 1. The smallest absolute Gasteiger partial charge is 0.222 e. The molecule has 4 nitrogen and oxygen atoms in total. The van der Waals surface area contributed by atoms with Crippen molar-refractivity contribution in [2.75, 3.05) is 20.2 Å². The summed E-state index contributed by atoms with van der Waals surface area (Å²) >= 11 is 0. The fourth-order valence-electron chi connectivity index (χ4n) is 1.99. The summed E-state index contributed by atoms with van der Waals surface area (Å²) in [6, 6.07) is 5.70. The standard InChI is InChI=1S/C14H19NO3/c1-10-3-5-13(18-2)11(9-10)12(16)4-6-14(17)15-7-8-15/h3,5,9,12,16H,4,6-8H2,1-2H3. The molecule has 1 aliphatic heterocycles. The summed E-state index contributed by atoms with van der Waals surface area (Å²) in [5.41, 5.74) is 1.83. The Morgan fingerprint density at radius 3 is 2.83 bits per heavy atom. The number of carbonyl (C=O) groups excluding carboxylic acids is 1. The SMILES string of the molecule is COc1ccc(C)cc1C(O)CCC(=O)N1CC1. The third-order valence-electron chi connectivity index (χ3n) is 3.18. The number of carbonyl (C=O) groups is 1. The number of hydrogen-bond acceptors (Lipinski definition) is 3. The van der Waals surface area contributed by atoms with Crippen molar-refractivity contribution in [2.45, 2.75) is 25.9 Å². The van der Waals surface area contributed by atoms with Gasteiger partial charge in [0.25, 0.3) is 0 Å². The second-order valence-corrected chi connectivity index (χ2v) is 4.68. The van der Waals surface area contributed by atoms with E-state index in [0.29, 0.717) is 18.6 Å². The van der Waals surface area contributed by atoms with Crippen LogP contribution in [0, 0.1) is 6.92 Å². The van der Waals surface area contributed by atoms with E-state index in [1.54, 1.807) is 12.0 Å². The number of benzene rings is 1. The molecule has 4 heteroatoms. The van der Waals surface area contributed by atoms with E-state index in [1.807, 2.05) is 25.1 Å². The summed E-state index contributed by atoms with van der Waals surface area (Å²) in [4.78, 5) is 13.3. The first-order chi connectivity index (χ1) is 8.61. The minimum absolute atomic E-state index is 0.126. The Morgan fingerprint density at radius 1 is 1.50 bits per heavy atom. The van der Waals surface area contributed by atoms with E-state index in [-0.39, 0.29) is 5.91 Å². The maximum atomic E-state index is 11.5. The quantitative estimate of drug-likeness (QED) is 0.807. The highest BCUT2D eigenvalue weighted by atomic mass is 16.5. The lowest BCUT2D eigenvalue weighted by atomic mass is 10.0. The van der Waals surface area contributed by atoms with Crippen LogP contribution in [0.15, 0.2) is 18.2 Å². The number of aliphatic hydroxyl groups excluding tert-OH is 1. The van der Waals surface area contributed by atoms with Crippen LogP contribution in [0.5, 0.6) is 5.75 Å². The molecule has 1 heterocycles. The molecule has 0 spiro atoms. The highest BCUT2D eigenvalue weighted by Crippen LogP contribution is 2.29. The monoisotopic (exact) mass is 249 g/mol. The van der Waals surface area contributed by atoms with E-state index < -0.39 is 6.10 Å². The van der Waals surface area contributed by atoms with Gasteiger partial charge in [-0.25, -0.2) is 0 Å². The third-order valence-corrected chi connectivity index (χ3v) is 3.18. The zero-order chi connectivity index (χ0) is 13.1. The number of aliphatic hydroxyl groups is 1. The van der Waals surface area contributed by atoms with Crippen LogP contribution in [-0.2, 0) is 4.79 Å². The van der Waals surface area contributed by atoms with Crippen LogP contribution in [0.1, 0.15) is 30.1 Å². The van der Waals surface area contributed by atoms with Gasteiger partial charge in [-0.1, -0.05) is 11.6 Å². The molecule has 0 aromatic heterocycles. The fourth-order valence-corrected chi connectivity index (χ4v) is 1.99. The van der Waals surface area contributed by atoms with Crippen LogP contribution in [0.2, 0.25) is 0 Å². The van der Waals surface area contributed by atoms with Crippen molar-refractivity contribution in [3.05, 3.63) is 29.3 Å². The van der Waals surface area contributed by atoms with E-state index in [9.17, 15) is 9.90 Å². The van der Waals surface area contributed by atoms with E-state index in [0.717, 1.165) is 24.2 Å². The van der Waals surface area contributed by atoms with Gasteiger partial charge in [0.05, 0.1) is 13.2 Å². The van der Waals surface area contributed by atoms with Gasteiger partial charge in [-0.2, -0.15) is 0 Å². The fraction of sp³-hybridized carbons (Fsp3) is 0.500. The minimum atomic E-state index is -0.649. The Labute approximate surface area is 107 Å². The van der Waals surface area contributed by atoms with Gasteiger partial charge in [-0.3, -0.25) is 4.79 Å². The van der Waals surface area contributed by atoms with Crippen LogP contribution in [-0.4, -0.2) is 36.1 Å². The van der Waals surface area contributed by atoms with E-state index in [4.69, 9.17) is 4.74 Å². The van der Waals surface area contributed by atoms with Crippen LogP contribution in [0.3, 0.4) is 0 Å². The van der Waals surface area contributed by atoms with E-state index in [1.165, 1.54) is 0 Å². The Morgan fingerprint density at radius 2 is 2.22 bits per heavy atom. The lowest BCUT2D eigenvalue weighted by Crippen LogP contribution is -2.12. The molecule has 98 valence electrons. The maximum absolute atomic E-state index is 11.5. The van der Waals surface area contributed by atoms with Gasteiger partial charge in [0.1, 0.15) is 5.75 Å². The van der Waals surface area contributed by atoms with Crippen molar-refractivity contribution in [1.29, 1.82) is 0 Å². The molecule has 1 aromatic rings. The summed E-state index contributed by atoms with van der Waals surface area (Å²) in [7, 11) is 1.59. The number of rotatable bonds is 5. The molecule has 1 saturated heterocycles. The van der Waals surface area contributed by atoms with Gasteiger partial charge < -0.3 is 14.7 Å². The van der Waals surface area contributed by atoms with Gasteiger partial charge in [0.15, 0.2) is 0 Å². The molecule has 1 aliphatic rings. The normalized spacial score (nSPS) is 15.4. The Kier molecular flexibility index (Phi) is 3.87. The van der Waals surface area contributed by atoms with Crippen molar-refractivity contribution < 1.29 is 14.6 Å². The number of nitrogens with zero attached hydrogens (tertiary/aromatic N) is 1. The van der Waals surface area contributed by atoms with Crippen LogP contribution in [0.4, 0.5) is 0 Å². The molecule has 1 unspecified atom stereocenters. The number of hydrogen-bond donors (Lipinski definition) is 1. The lowest BCUT2D eigenvalue weighted by molar-refractivity contribution is -0.126. The zero-order valence-corrected chi connectivity index (χ0v) is 10.8. The third kappa shape index (κ3) is 3.01.